The van der Waals surface area contributed by atoms with Crippen LogP contribution < -0.4 is 20.1 Å². The van der Waals surface area contributed by atoms with Gasteiger partial charge in [-0.3, -0.25) is 9.59 Å². The molecule has 2 amide bonds. The molecule has 0 radical (unpaired) electrons. The maximum Gasteiger partial charge on any atom is 0.267 e. The first-order chi connectivity index (χ1) is 14.1. The molecule has 0 aromatic heterocycles. The first kappa shape index (κ1) is 18.7. The van der Waals surface area contributed by atoms with E-state index in [1.54, 1.807) is 0 Å². The molecule has 156 valence electrons. The van der Waals surface area contributed by atoms with Crippen molar-refractivity contribution in [1.82, 2.24) is 15.5 Å². The van der Waals surface area contributed by atoms with Gasteiger partial charge in [0.25, 0.3) is 5.91 Å². The number of carbonyl (C=O) groups excluding carboxylic acids is 2. The van der Waals surface area contributed by atoms with Gasteiger partial charge in [0, 0.05) is 25.0 Å². The highest BCUT2D eigenvalue weighted by molar-refractivity contribution is 5.83. The molecule has 5 rings (SSSR count). The third-order valence-electron chi connectivity index (χ3n) is 7.04. The van der Waals surface area contributed by atoms with E-state index in [0.717, 1.165) is 45.2 Å². The van der Waals surface area contributed by atoms with Gasteiger partial charge in [0.1, 0.15) is 6.61 Å². The number of hydrogen-bond donors (Lipinski definition) is 2. The lowest BCUT2D eigenvalue weighted by molar-refractivity contribution is -0.142. The third kappa shape index (κ3) is 3.68. The lowest BCUT2D eigenvalue weighted by Gasteiger charge is -2.35. The van der Waals surface area contributed by atoms with E-state index in [1.807, 2.05) is 29.2 Å². The predicted molar refractivity (Wildman–Crippen MR) is 107 cm³/mol. The van der Waals surface area contributed by atoms with Gasteiger partial charge in [-0.25, -0.2) is 0 Å². The van der Waals surface area contributed by atoms with Crippen molar-refractivity contribution in [2.75, 3.05) is 32.8 Å². The smallest absolute Gasteiger partial charge is 0.267 e. The maximum atomic E-state index is 12.8. The fraction of sp³-hybridized carbons (Fsp3) is 0.636. The average molecular weight is 399 g/mol. The average Bonchev–Trinajstić information content (AvgIpc) is 3.46. The summed E-state index contributed by atoms with van der Waals surface area (Å²) in [6, 6.07) is 7.59. The van der Waals surface area contributed by atoms with Gasteiger partial charge < -0.3 is 25.0 Å². The number of amides is 2. The monoisotopic (exact) mass is 399 g/mol. The fourth-order valence-corrected chi connectivity index (χ4v) is 5.09. The number of benzene rings is 1. The second kappa shape index (κ2) is 7.52. The lowest BCUT2D eigenvalue weighted by atomic mass is 9.91. The van der Waals surface area contributed by atoms with Crippen LogP contribution in [-0.2, 0) is 9.59 Å². The van der Waals surface area contributed by atoms with Crippen LogP contribution in [0.4, 0.5) is 0 Å². The quantitative estimate of drug-likeness (QED) is 0.802. The summed E-state index contributed by atoms with van der Waals surface area (Å²) in [7, 11) is 0. The zero-order valence-electron chi connectivity index (χ0n) is 16.7. The number of nitrogens with zero attached hydrogens (tertiary/aromatic N) is 1. The highest BCUT2D eigenvalue weighted by atomic mass is 16.6. The minimum atomic E-state index is -0.595. The van der Waals surface area contributed by atoms with Crippen molar-refractivity contribution in [2.45, 2.75) is 44.2 Å². The van der Waals surface area contributed by atoms with Gasteiger partial charge in [0.15, 0.2) is 11.5 Å². The molecule has 2 N–H and O–H groups in total. The summed E-state index contributed by atoms with van der Waals surface area (Å²) < 4.78 is 11.5. The van der Waals surface area contributed by atoms with Crippen LogP contribution in [0.2, 0.25) is 0 Å². The van der Waals surface area contributed by atoms with Gasteiger partial charge in [-0.1, -0.05) is 12.1 Å². The molecule has 0 bridgehead atoms. The van der Waals surface area contributed by atoms with Crippen LogP contribution in [0.3, 0.4) is 0 Å². The third-order valence-corrected chi connectivity index (χ3v) is 7.04. The fourth-order valence-electron chi connectivity index (χ4n) is 5.09. The molecule has 1 saturated carbocycles. The number of nitrogens with one attached hydrogen (secondary N) is 2. The Morgan fingerprint density at radius 3 is 2.59 bits per heavy atom. The van der Waals surface area contributed by atoms with E-state index in [-0.39, 0.29) is 35.8 Å². The molecule has 2 unspecified atom stereocenters. The second-order valence-corrected chi connectivity index (χ2v) is 8.84. The van der Waals surface area contributed by atoms with E-state index in [9.17, 15) is 9.59 Å². The lowest BCUT2D eigenvalue weighted by Crippen LogP contribution is -2.52. The number of piperidine rings is 2. The Bertz CT molecular complexity index is 784. The zero-order valence-corrected chi connectivity index (χ0v) is 16.7. The van der Waals surface area contributed by atoms with E-state index >= 15 is 0 Å². The molecule has 4 aliphatic rings. The van der Waals surface area contributed by atoms with Gasteiger partial charge >= 0.3 is 0 Å². The number of hydrogen-bond acceptors (Lipinski definition) is 5. The molecule has 3 heterocycles. The van der Waals surface area contributed by atoms with Gasteiger partial charge in [-0.2, -0.15) is 0 Å². The van der Waals surface area contributed by atoms with Crippen LogP contribution in [0, 0.1) is 11.3 Å². The molecule has 3 aliphatic heterocycles. The highest BCUT2D eigenvalue weighted by Gasteiger charge is 2.57. The minimum absolute atomic E-state index is 0.0277. The SMILES string of the molecule is O=C(NC1CCN(C(=O)C2COc3ccccc3O2)CC1)C1CC12CCNCC2. The maximum absolute atomic E-state index is 12.8. The molecule has 7 nitrogen and oxygen atoms in total. The summed E-state index contributed by atoms with van der Waals surface area (Å²) in [4.78, 5) is 27.4. The Hall–Kier alpha value is -2.28. The summed E-state index contributed by atoms with van der Waals surface area (Å²) in [5.74, 6) is 1.69. The van der Waals surface area contributed by atoms with Crippen molar-refractivity contribution in [3.63, 3.8) is 0 Å². The van der Waals surface area contributed by atoms with Crippen LogP contribution >= 0.6 is 0 Å². The van der Waals surface area contributed by atoms with Crippen LogP contribution in [0.1, 0.15) is 32.1 Å². The zero-order chi connectivity index (χ0) is 19.8. The molecular weight excluding hydrogens is 370 g/mol. The van der Waals surface area contributed by atoms with Gasteiger partial charge in [0.2, 0.25) is 12.0 Å². The molecule has 1 aliphatic carbocycles. The summed E-state index contributed by atoms with van der Waals surface area (Å²) in [6.07, 6.45) is 4.27. The van der Waals surface area contributed by atoms with Crippen molar-refractivity contribution in [3.05, 3.63) is 24.3 Å². The molecule has 3 fully saturated rings. The first-order valence-electron chi connectivity index (χ1n) is 10.8. The number of para-hydroxylation sites is 2. The van der Waals surface area contributed by atoms with Gasteiger partial charge in [0.05, 0.1) is 0 Å². The van der Waals surface area contributed by atoms with Crippen molar-refractivity contribution in [2.24, 2.45) is 11.3 Å². The summed E-state index contributed by atoms with van der Waals surface area (Å²) in [5.41, 5.74) is 0.264. The Labute approximate surface area is 171 Å². The summed E-state index contributed by atoms with van der Waals surface area (Å²) >= 11 is 0. The Kier molecular flexibility index (Phi) is 4.86. The van der Waals surface area contributed by atoms with E-state index in [0.29, 0.717) is 24.6 Å². The molecule has 2 atom stereocenters. The number of fused-ring (bicyclic) bond motifs is 1. The molecule has 1 aromatic carbocycles. The number of ether oxygens (including phenoxy) is 2. The topological polar surface area (TPSA) is 79.9 Å². The van der Waals surface area contributed by atoms with Crippen molar-refractivity contribution < 1.29 is 19.1 Å². The van der Waals surface area contributed by atoms with Gasteiger partial charge in [-0.15, -0.1) is 0 Å². The number of carbonyl (C=O) groups is 2. The Balaban J connectivity index is 1.10. The molecule has 1 aromatic rings. The molecule has 1 spiro atoms. The van der Waals surface area contributed by atoms with Crippen molar-refractivity contribution in [1.29, 1.82) is 0 Å². The van der Waals surface area contributed by atoms with Crippen LogP contribution in [0.5, 0.6) is 11.5 Å². The standard InChI is InChI=1S/C22H29N3O4/c26-20(16-13-22(16)7-9-23-10-8-22)24-15-5-11-25(12-6-15)21(27)19-14-28-17-3-1-2-4-18(17)29-19/h1-4,15-16,19,23H,5-14H2,(H,24,26). The van der Waals surface area contributed by atoms with E-state index in [1.165, 1.54) is 0 Å². The normalized spacial score (nSPS) is 28.1. The second-order valence-electron chi connectivity index (χ2n) is 8.84. The Morgan fingerprint density at radius 2 is 1.83 bits per heavy atom. The first-order valence-corrected chi connectivity index (χ1v) is 10.8. The molecule has 2 saturated heterocycles. The van der Waals surface area contributed by atoms with E-state index in [2.05, 4.69) is 10.6 Å². The highest BCUT2D eigenvalue weighted by Crippen LogP contribution is 2.58. The molecule has 29 heavy (non-hydrogen) atoms. The van der Waals surface area contributed by atoms with E-state index in [4.69, 9.17) is 9.47 Å². The van der Waals surface area contributed by atoms with Crippen molar-refractivity contribution >= 4 is 11.8 Å². The molecular formula is C22H29N3O4. The van der Waals surface area contributed by atoms with Crippen LogP contribution in [0.15, 0.2) is 24.3 Å². The van der Waals surface area contributed by atoms with Crippen LogP contribution in [0.25, 0.3) is 0 Å². The Morgan fingerprint density at radius 1 is 1.10 bits per heavy atom. The van der Waals surface area contributed by atoms with E-state index < -0.39 is 6.10 Å². The largest absolute Gasteiger partial charge is 0.485 e. The van der Waals surface area contributed by atoms with Gasteiger partial charge in [-0.05, 0) is 62.7 Å². The number of likely N-dealkylation sites (tertiary alicyclic amines) is 1. The minimum Gasteiger partial charge on any atom is -0.485 e. The predicted octanol–water partition coefficient (Wildman–Crippen LogP) is 1.32. The van der Waals surface area contributed by atoms with Crippen LogP contribution in [-0.4, -0.2) is 61.6 Å². The molecule has 7 heteroatoms. The summed E-state index contributed by atoms with van der Waals surface area (Å²) in [5, 5.41) is 6.63. The van der Waals surface area contributed by atoms with Crippen molar-refractivity contribution in [3.8, 4) is 11.5 Å². The summed E-state index contributed by atoms with van der Waals surface area (Å²) in [6.45, 7) is 3.59. The number of rotatable bonds is 3.